The molecular formula is C12H13ClN2O4. The van der Waals surface area contributed by atoms with Gasteiger partial charge in [0.25, 0.3) is 5.91 Å². The molecule has 1 rings (SSSR count). The van der Waals surface area contributed by atoms with E-state index in [1.807, 2.05) is 5.32 Å². The Hall–Kier alpha value is -2.08. The molecule has 102 valence electrons. The number of imide groups is 1. The Morgan fingerprint density at radius 3 is 2.58 bits per heavy atom. The molecule has 0 atom stereocenters. The number of esters is 1. The van der Waals surface area contributed by atoms with Crippen LogP contribution in [0.3, 0.4) is 0 Å². The van der Waals surface area contributed by atoms with Crippen LogP contribution in [0.5, 0.6) is 0 Å². The van der Waals surface area contributed by atoms with Gasteiger partial charge in [-0.3, -0.25) is 14.9 Å². The van der Waals surface area contributed by atoms with Crippen LogP contribution in [0.25, 0.3) is 0 Å². The standard InChI is InChI=1S/C12H13ClN2O4/c1-14-12(18)15-10(16)7-19-11(17)6-8-4-2-3-5-9(8)13/h2-5H,6-7H2,1H3,(H2,14,15,16,18). The summed E-state index contributed by atoms with van der Waals surface area (Å²) < 4.78 is 4.72. The van der Waals surface area contributed by atoms with E-state index in [0.717, 1.165) is 0 Å². The predicted molar refractivity (Wildman–Crippen MR) is 68.7 cm³/mol. The van der Waals surface area contributed by atoms with Gasteiger partial charge in [-0.05, 0) is 11.6 Å². The molecule has 0 radical (unpaired) electrons. The number of amides is 3. The number of carbonyl (C=O) groups excluding carboxylic acids is 3. The summed E-state index contributed by atoms with van der Waals surface area (Å²) in [5, 5.41) is 4.62. The van der Waals surface area contributed by atoms with Gasteiger partial charge in [-0.25, -0.2) is 4.79 Å². The third-order valence-electron chi connectivity index (χ3n) is 2.14. The topological polar surface area (TPSA) is 84.5 Å². The zero-order chi connectivity index (χ0) is 14.3. The lowest BCUT2D eigenvalue weighted by Gasteiger charge is -2.06. The Morgan fingerprint density at radius 1 is 1.26 bits per heavy atom. The smallest absolute Gasteiger partial charge is 0.321 e. The van der Waals surface area contributed by atoms with Crippen molar-refractivity contribution in [3.63, 3.8) is 0 Å². The van der Waals surface area contributed by atoms with Crippen molar-refractivity contribution in [1.82, 2.24) is 10.6 Å². The summed E-state index contributed by atoms with van der Waals surface area (Å²) in [7, 11) is 1.37. The highest BCUT2D eigenvalue weighted by atomic mass is 35.5. The summed E-state index contributed by atoms with van der Waals surface area (Å²) in [5.41, 5.74) is 0.612. The van der Waals surface area contributed by atoms with Crippen LogP contribution in [0, 0.1) is 0 Å². The molecule has 0 unspecified atom stereocenters. The van der Waals surface area contributed by atoms with E-state index in [0.29, 0.717) is 10.6 Å². The number of carbonyl (C=O) groups is 3. The average Bonchev–Trinajstić information content (AvgIpc) is 2.39. The third kappa shape index (κ3) is 5.39. The van der Waals surface area contributed by atoms with E-state index in [1.54, 1.807) is 24.3 Å². The zero-order valence-corrected chi connectivity index (χ0v) is 11.0. The van der Waals surface area contributed by atoms with Gasteiger partial charge in [-0.15, -0.1) is 0 Å². The maximum absolute atomic E-state index is 11.5. The van der Waals surface area contributed by atoms with E-state index in [1.165, 1.54) is 7.05 Å². The Kier molecular flexibility index (Phi) is 5.81. The number of hydrogen-bond acceptors (Lipinski definition) is 4. The average molecular weight is 285 g/mol. The van der Waals surface area contributed by atoms with Crippen molar-refractivity contribution >= 4 is 29.5 Å². The largest absolute Gasteiger partial charge is 0.455 e. The number of rotatable bonds is 4. The lowest BCUT2D eigenvalue weighted by atomic mass is 10.1. The first-order valence-electron chi connectivity index (χ1n) is 5.43. The van der Waals surface area contributed by atoms with Crippen LogP contribution in [0.1, 0.15) is 5.56 Å². The molecule has 0 aliphatic rings. The molecule has 1 aromatic carbocycles. The number of urea groups is 1. The highest BCUT2D eigenvalue weighted by molar-refractivity contribution is 6.31. The van der Waals surface area contributed by atoms with E-state index < -0.39 is 24.5 Å². The van der Waals surface area contributed by atoms with Crippen LogP contribution >= 0.6 is 11.6 Å². The lowest BCUT2D eigenvalue weighted by Crippen LogP contribution is -2.39. The van der Waals surface area contributed by atoms with Crippen molar-refractivity contribution in [3.8, 4) is 0 Å². The molecule has 1 aromatic rings. The molecule has 0 aliphatic carbocycles. The van der Waals surface area contributed by atoms with Crippen molar-refractivity contribution in [3.05, 3.63) is 34.9 Å². The fraction of sp³-hybridized carbons (Fsp3) is 0.250. The van der Waals surface area contributed by atoms with E-state index in [2.05, 4.69) is 5.32 Å². The maximum atomic E-state index is 11.5. The van der Waals surface area contributed by atoms with Gasteiger partial charge in [0.1, 0.15) is 0 Å². The normalized spacial score (nSPS) is 9.58. The van der Waals surface area contributed by atoms with E-state index >= 15 is 0 Å². The molecule has 0 heterocycles. The van der Waals surface area contributed by atoms with Crippen molar-refractivity contribution < 1.29 is 19.1 Å². The van der Waals surface area contributed by atoms with Crippen LogP contribution in [-0.4, -0.2) is 31.6 Å². The molecule has 6 nitrogen and oxygen atoms in total. The minimum atomic E-state index is -0.702. The summed E-state index contributed by atoms with van der Waals surface area (Å²) in [6.45, 7) is -0.517. The van der Waals surface area contributed by atoms with Crippen LogP contribution < -0.4 is 10.6 Å². The van der Waals surface area contributed by atoms with Gasteiger partial charge in [0.15, 0.2) is 6.61 Å². The first-order chi connectivity index (χ1) is 9.02. The van der Waals surface area contributed by atoms with Crippen molar-refractivity contribution in [1.29, 1.82) is 0 Å². The van der Waals surface area contributed by atoms with E-state index in [-0.39, 0.29) is 6.42 Å². The van der Waals surface area contributed by atoms with Gasteiger partial charge >= 0.3 is 12.0 Å². The SMILES string of the molecule is CNC(=O)NC(=O)COC(=O)Cc1ccccc1Cl. The zero-order valence-electron chi connectivity index (χ0n) is 10.2. The number of halogens is 1. The summed E-state index contributed by atoms with van der Waals surface area (Å²) in [6.07, 6.45) is -0.0348. The van der Waals surface area contributed by atoms with Crippen LogP contribution in [-0.2, 0) is 20.7 Å². The molecule has 3 amide bonds. The molecule has 0 aliphatic heterocycles. The molecule has 0 saturated heterocycles. The molecule has 19 heavy (non-hydrogen) atoms. The molecular weight excluding hydrogens is 272 g/mol. The molecule has 0 spiro atoms. The Balaban J connectivity index is 2.38. The molecule has 0 fully saturated rings. The molecule has 0 bridgehead atoms. The number of hydrogen-bond donors (Lipinski definition) is 2. The van der Waals surface area contributed by atoms with Crippen LogP contribution in [0.15, 0.2) is 24.3 Å². The summed E-state index contributed by atoms with van der Waals surface area (Å²) in [6, 6.07) is 6.17. The second-order valence-corrected chi connectivity index (χ2v) is 3.96. The van der Waals surface area contributed by atoms with Gasteiger partial charge in [-0.1, -0.05) is 29.8 Å². The van der Waals surface area contributed by atoms with Gasteiger partial charge in [0.2, 0.25) is 0 Å². The minimum absolute atomic E-state index is 0.0348. The molecule has 2 N–H and O–H groups in total. The van der Waals surface area contributed by atoms with E-state index in [9.17, 15) is 14.4 Å². The van der Waals surface area contributed by atoms with Crippen molar-refractivity contribution in [2.24, 2.45) is 0 Å². The van der Waals surface area contributed by atoms with E-state index in [4.69, 9.17) is 16.3 Å². The number of nitrogens with one attached hydrogen (secondary N) is 2. The van der Waals surface area contributed by atoms with Crippen LogP contribution in [0.2, 0.25) is 5.02 Å². The second-order valence-electron chi connectivity index (χ2n) is 3.56. The summed E-state index contributed by atoms with van der Waals surface area (Å²) >= 11 is 5.88. The second kappa shape index (κ2) is 7.38. The highest BCUT2D eigenvalue weighted by Gasteiger charge is 2.11. The number of benzene rings is 1. The van der Waals surface area contributed by atoms with Crippen molar-refractivity contribution in [2.45, 2.75) is 6.42 Å². The van der Waals surface area contributed by atoms with Gasteiger partial charge < -0.3 is 10.1 Å². The molecule has 7 heteroatoms. The molecule has 0 aromatic heterocycles. The summed E-state index contributed by atoms with van der Waals surface area (Å²) in [4.78, 5) is 33.4. The monoisotopic (exact) mass is 284 g/mol. The first-order valence-corrected chi connectivity index (χ1v) is 5.81. The fourth-order valence-electron chi connectivity index (χ4n) is 1.22. The van der Waals surface area contributed by atoms with Gasteiger partial charge in [0, 0.05) is 12.1 Å². The van der Waals surface area contributed by atoms with Crippen molar-refractivity contribution in [2.75, 3.05) is 13.7 Å². The Morgan fingerprint density at radius 2 is 1.95 bits per heavy atom. The summed E-state index contributed by atoms with van der Waals surface area (Å²) in [5.74, 6) is -1.30. The van der Waals surface area contributed by atoms with Gasteiger partial charge in [0.05, 0.1) is 6.42 Å². The van der Waals surface area contributed by atoms with Crippen LogP contribution in [0.4, 0.5) is 4.79 Å². The third-order valence-corrected chi connectivity index (χ3v) is 2.51. The Labute approximate surface area is 115 Å². The highest BCUT2D eigenvalue weighted by Crippen LogP contribution is 2.15. The quantitative estimate of drug-likeness (QED) is 0.804. The Bertz CT molecular complexity index is 490. The number of ether oxygens (including phenoxy) is 1. The predicted octanol–water partition coefficient (Wildman–Crippen LogP) is 0.881. The minimum Gasteiger partial charge on any atom is -0.455 e. The maximum Gasteiger partial charge on any atom is 0.321 e. The lowest BCUT2D eigenvalue weighted by molar-refractivity contribution is -0.147. The fourth-order valence-corrected chi connectivity index (χ4v) is 1.42. The molecule has 0 saturated carbocycles. The van der Waals surface area contributed by atoms with Gasteiger partial charge in [-0.2, -0.15) is 0 Å². The first kappa shape index (κ1) is 15.0.